The van der Waals surface area contributed by atoms with Gasteiger partial charge >= 0.3 is 0 Å². The normalized spacial score (nSPS) is 10.3. The van der Waals surface area contributed by atoms with Crippen LogP contribution < -0.4 is 10.2 Å². The summed E-state index contributed by atoms with van der Waals surface area (Å²) in [6.07, 6.45) is 3.26. The van der Waals surface area contributed by atoms with Gasteiger partial charge in [-0.2, -0.15) is 0 Å². The molecule has 0 saturated carbocycles. The topological polar surface area (TPSA) is 62.3 Å². The first-order chi connectivity index (χ1) is 13.0. The molecule has 27 heavy (non-hydrogen) atoms. The minimum Gasteiger partial charge on any atom is -0.369 e. The zero-order chi connectivity index (χ0) is 19.2. The molecule has 0 spiro atoms. The van der Waals surface area contributed by atoms with Crippen molar-refractivity contribution < 1.29 is 9.59 Å². The van der Waals surface area contributed by atoms with Gasteiger partial charge < -0.3 is 10.2 Å². The highest BCUT2D eigenvalue weighted by molar-refractivity contribution is 6.05. The lowest BCUT2D eigenvalue weighted by Crippen LogP contribution is -2.18. The second-order valence-corrected chi connectivity index (χ2v) is 6.36. The van der Waals surface area contributed by atoms with Crippen molar-refractivity contribution in [2.45, 2.75) is 13.5 Å². The zero-order valence-electron chi connectivity index (χ0n) is 15.3. The summed E-state index contributed by atoms with van der Waals surface area (Å²) in [7, 11) is 1.96. The van der Waals surface area contributed by atoms with Gasteiger partial charge in [0.05, 0.1) is 17.4 Å². The van der Waals surface area contributed by atoms with Gasteiger partial charge in [-0.15, -0.1) is 0 Å². The minimum absolute atomic E-state index is 0.0442. The van der Waals surface area contributed by atoms with Crippen molar-refractivity contribution in [3.63, 3.8) is 0 Å². The van der Waals surface area contributed by atoms with Crippen molar-refractivity contribution in [3.8, 4) is 0 Å². The number of nitrogens with zero attached hydrogens (tertiary/aromatic N) is 2. The zero-order valence-corrected chi connectivity index (χ0v) is 15.3. The smallest absolute Gasteiger partial charge is 0.257 e. The number of nitrogens with one attached hydrogen (secondary N) is 1. The van der Waals surface area contributed by atoms with E-state index in [2.05, 4.69) is 22.4 Å². The third-order valence-electron chi connectivity index (χ3n) is 4.22. The molecule has 0 unspecified atom stereocenters. The number of hydrogen-bond acceptors (Lipinski definition) is 4. The van der Waals surface area contributed by atoms with Crippen LogP contribution in [0, 0.1) is 0 Å². The van der Waals surface area contributed by atoms with Gasteiger partial charge in [-0.25, -0.2) is 0 Å². The van der Waals surface area contributed by atoms with Crippen LogP contribution in [0.3, 0.4) is 0 Å². The minimum atomic E-state index is -0.266. The van der Waals surface area contributed by atoms with E-state index in [1.165, 1.54) is 18.7 Å². The largest absolute Gasteiger partial charge is 0.369 e. The molecule has 3 rings (SSSR count). The van der Waals surface area contributed by atoms with Crippen molar-refractivity contribution in [1.29, 1.82) is 0 Å². The quantitative estimate of drug-likeness (QED) is 0.671. The van der Waals surface area contributed by atoms with E-state index in [4.69, 9.17) is 0 Å². The highest BCUT2D eigenvalue weighted by Crippen LogP contribution is 2.18. The molecule has 0 atom stereocenters. The molecule has 0 bridgehead atoms. The molecule has 5 nitrogen and oxygen atoms in total. The summed E-state index contributed by atoms with van der Waals surface area (Å²) in [5.74, 6) is -0.310. The monoisotopic (exact) mass is 359 g/mol. The number of anilines is 2. The van der Waals surface area contributed by atoms with E-state index in [1.807, 2.05) is 30.1 Å². The number of Topliss-reactive ketones (excluding diaryl/α,β-unsaturated/α-hetero) is 1. The summed E-state index contributed by atoms with van der Waals surface area (Å²) in [4.78, 5) is 30.3. The van der Waals surface area contributed by atoms with Crippen LogP contribution in [-0.2, 0) is 6.54 Å². The summed E-state index contributed by atoms with van der Waals surface area (Å²) < 4.78 is 0. The Morgan fingerprint density at radius 2 is 1.74 bits per heavy atom. The second-order valence-electron chi connectivity index (χ2n) is 6.36. The molecule has 0 aliphatic heterocycles. The summed E-state index contributed by atoms with van der Waals surface area (Å²) in [6, 6.07) is 18.8. The molecule has 1 heterocycles. The maximum atomic E-state index is 12.6. The molecular formula is C22H21N3O2. The number of rotatable bonds is 6. The Labute approximate surface area is 158 Å². The number of amides is 1. The molecule has 136 valence electrons. The van der Waals surface area contributed by atoms with Gasteiger partial charge in [0, 0.05) is 31.0 Å². The Hall–Kier alpha value is -3.47. The van der Waals surface area contributed by atoms with Crippen LogP contribution in [0.2, 0.25) is 0 Å². The van der Waals surface area contributed by atoms with Gasteiger partial charge in [0.2, 0.25) is 0 Å². The summed E-state index contributed by atoms with van der Waals surface area (Å²) in [5, 5.41) is 2.82. The van der Waals surface area contributed by atoms with Crippen LogP contribution >= 0.6 is 0 Å². The molecule has 1 N–H and O–H groups in total. The number of carbonyl (C=O) groups excluding carboxylic acids is 2. The van der Waals surface area contributed by atoms with Gasteiger partial charge in [0.25, 0.3) is 5.91 Å². The maximum Gasteiger partial charge on any atom is 0.257 e. The van der Waals surface area contributed by atoms with E-state index in [0.29, 0.717) is 23.4 Å². The Morgan fingerprint density at radius 1 is 0.963 bits per heavy atom. The molecule has 0 radical (unpaired) electrons. The van der Waals surface area contributed by atoms with Gasteiger partial charge in [0.1, 0.15) is 0 Å². The fourth-order valence-corrected chi connectivity index (χ4v) is 2.73. The Bertz CT molecular complexity index is 955. The van der Waals surface area contributed by atoms with E-state index >= 15 is 0 Å². The molecule has 1 aromatic heterocycles. The van der Waals surface area contributed by atoms with Crippen molar-refractivity contribution in [2.24, 2.45) is 0 Å². The van der Waals surface area contributed by atoms with Crippen LogP contribution in [0.25, 0.3) is 0 Å². The Kier molecular flexibility index (Phi) is 5.61. The predicted molar refractivity (Wildman–Crippen MR) is 107 cm³/mol. The maximum absolute atomic E-state index is 12.6. The first kappa shape index (κ1) is 18.3. The van der Waals surface area contributed by atoms with Crippen molar-refractivity contribution in [1.82, 2.24) is 4.98 Å². The van der Waals surface area contributed by atoms with E-state index in [9.17, 15) is 9.59 Å². The summed E-state index contributed by atoms with van der Waals surface area (Å²) in [5.41, 5.74) is 3.62. The number of ketones is 1. The van der Waals surface area contributed by atoms with Gasteiger partial charge in [0.15, 0.2) is 5.78 Å². The summed E-state index contributed by atoms with van der Waals surface area (Å²) >= 11 is 0. The third kappa shape index (κ3) is 4.79. The van der Waals surface area contributed by atoms with E-state index in [0.717, 1.165) is 5.69 Å². The lowest BCUT2D eigenvalue weighted by Gasteiger charge is -2.19. The first-order valence-corrected chi connectivity index (χ1v) is 8.65. The van der Waals surface area contributed by atoms with Crippen molar-refractivity contribution >= 4 is 23.1 Å². The third-order valence-corrected chi connectivity index (χ3v) is 4.22. The number of aromatic nitrogens is 1. The van der Waals surface area contributed by atoms with Crippen molar-refractivity contribution in [3.05, 3.63) is 89.7 Å². The molecule has 1 amide bonds. The van der Waals surface area contributed by atoms with Crippen LogP contribution in [0.4, 0.5) is 11.4 Å². The number of benzene rings is 2. The van der Waals surface area contributed by atoms with Gasteiger partial charge in [-0.05, 0) is 30.7 Å². The molecule has 2 aromatic carbocycles. The number of pyridine rings is 1. The molecule has 0 aliphatic rings. The lowest BCUT2D eigenvalue weighted by atomic mass is 10.1. The van der Waals surface area contributed by atoms with Crippen LogP contribution in [0.1, 0.15) is 33.2 Å². The van der Waals surface area contributed by atoms with E-state index in [-0.39, 0.29) is 11.7 Å². The molecule has 5 heteroatoms. The molecule has 0 fully saturated rings. The Morgan fingerprint density at radius 3 is 2.48 bits per heavy atom. The van der Waals surface area contributed by atoms with Crippen LogP contribution in [-0.4, -0.2) is 23.7 Å². The molecule has 0 saturated heterocycles. The summed E-state index contributed by atoms with van der Waals surface area (Å²) in [6.45, 7) is 2.21. The predicted octanol–water partition coefficient (Wildman–Crippen LogP) is 4.17. The first-order valence-electron chi connectivity index (χ1n) is 8.65. The molecule has 0 aliphatic carbocycles. The van der Waals surface area contributed by atoms with Gasteiger partial charge in [-0.1, -0.05) is 42.5 Å². The standard InChI is InChI=1S/C22H21N3O2/c1-16(26)18-9-6-10-20(11-18)24-22(27)19-12-21(14-23-13-19)25(2)15-17-7-4-3-5-8-17/h3-14H,15H2,1-2H3,(H,24,27). The highest BCUT2D eigenvalue weighted by atomic mass is 16.1. The second kappa shape index (κ2) is 8.27. The highest BCUT2D eigenvalue weighted by Gasteiger charge is 2.11. The van der Waals surface area contributed by atoms with Crippen LogP contribution in [0.5, 0.6) is 0 Å². The number of carbonyl (C=O) groups is 2. The average molecular weight is 359 g/mol. The molecular weight excluding hydrogens is 338 g/mol. The fourth-order valence-electron chi connectivity index (χ4n) is 2.73. The van der Waals surface area contributed by atoms with E-state index in [1.54, 1.807) is 36.5 Å². The lowest BCUT2D eigenvalue weighted by molar-refractivity contribution is 0.101. The number of hydrogen-bond donors (Lipinski definition) is 1. The average Bonchev–Trinajstić information content (AvgIpc) is 2.69. The SMILES string of the molecule is CC(=O)c1cccc(NC(=O)c2cncc(N(C)Cc3ccccc3)c2)c1. The fraction of sp³-hybridized carbons (Fsp3) is 0.136. The Balaban J connectivity index is 1.73. The van der Waals surface area contributed by atoms with Crippen molar-refractivity contribution in [2.75, 3.05) is 17.3 Å². The van der Waals surface area contributed by atoms with Gasteiger partial charge in [-0.3, -0.25) is 14.6 Å². The van der Waals surface area contributed by atoms with Crippen LogP contribution in [0.15, 0.2) is 73.1 Å². The molecule has 3 aromatic rings. The van der Waals surface area contributed by atoms with E-state index < -0.39 is 0 Å².